The molecule has 1 rings (SSSR count). The molecule has 1 unspecified atom stereocenters. The van der Waals surface area contributed by atoms with E-state index in [4.69, 9.17) is 5.73 Å². The van der Waals surface area contributed by atoms with E-state index >= 15 is 0 Å². The van der Waals surface area contributed by atoms with Gasteiger partial charge in [0.05, 0.1) is 6.10 Å². The highest BCUT2D eigenvalue weighted by molar-refractivity contribution is 5.76. The van der Waals surface area contributed by atoms with Gasteiger partial charge in [-0.1, -0.05) is 13.3 Å². The van der Waals surface area contributed by atoms with E-state index in [1.807, 2.05) is 0 Å². The van der Waals surface area contributed by atoms with Crippen molar-refractivity contribution in [2.45, 2.75) is 64.0 Å². The minimum absolute atomic E-state index is 0.00632. The van der Waals surface area contributed by atoms with Gasteiger partial charge in [0, 0.05) is 19.0 Å². The van der Waals surface area contributed by atoms with Gasteiger partial charge in [-0.2, -0.15) is 0 Å². The number of hydrogen-bond acceptors (Lipinski definition) is 3. The largest absolute Gasteiger partial charge is 0.393 e. The van der Waals surface area contributed by atoms with Crippen molar-refractivity contribution >= 4 is 5.91 Å². The summed E-state index contributed by atoms with van der Waals surface area (Å²) in [6.45, 7) is 2.81. The average molecular weight is 242 g/mol. The Morgan fingerprint density at radius 2 is 2.06 bits per heavy atom. The van der Waals surface area contributed by atoms with E-state index in [-0.39, 0.29) is 18.1 Å². The highest BCUT2D eigenvalue weighted by atomic mass is 16.3. The number of aliphatic hydroxyl groups excluding tert-OH is 1. The average Bonchev–Trinajstić information content (AvgIpc) is 2.28. The van der Waals surface area contributed by atoms with E-state index in [2.05, 4.69) is 12.2 Å². The maximum Gasteiger partial charge on any atom is 0.221 e. The fourth-order valence-electron chi connectivity index (χ4n) is 2.39. The van der Waals surface area contributed by atoms with E-state index in [0.717, 1.165) is 45.1 Å². The molecule has 1 atom stereocenters. The Morgan fingerprint density at radius 1 is 1.41 bits per heavy atom. The quantitative estimate of drug-likeness (QED) is 0.654. The fraction of sp³-hybridized carbons (Fsp3) is 0.923. The molecular weight excluding hydrogens is 216 g/mol. The first-order chi connectivity index (χ1) is 8.11. The van der Waals surface area contributed by atoms with Crippen molar-refractivity contribution in [3.63, 3.8) is 0 Å². The Bertz CT molecular complexity index is 225. The van der Waals surface area contributed by atoms with Gasteiger partial charge in [0.2, 0.25) is 5.91 Å². The second-order valence-electron chi connectivity index (χ2n) is 5.23. The summed E-state index contributed by atoms with van der Waals surface area (Å²) in [5.41, 5.74) is 5.82. The van der Waals surface area contributed by atoms with Gasteiger partial charge in [-0.25, -0.2) is 0 Å². The second-order valence-corrected chi connectivity index (χ2v) is 5.23. The van der Waals surface area contributed by atoms with Crippen LogP contribution in [0.2, 0.25) is 0 Å². The lowest BCUT2D eigenvalue weighted by Gasteiger charge is -2.25. The van der Waals surface area contributed by atoms with Crippen LogP contribution in [-0.2, 0) is 4.79 Å². The first-order valence-electron chi connectivity index (χ1n) is 6.82. The molecule has 0 spiro atoms. The highest BCUT2D eigenvalue weighted by Gasteiger charge is 2.19. The molecule has 1 aliphatic rings. The van der Waals surface area contributed by atoms with Crippen LogP contribution in [0.4, 0.5) is 0 Å². The molecule has 4 heteroatoms. The summed E-state index contributed by atoms with van der Waals surface area (Å²) in [6.07, 6.45) is 6.01. The van der Waals surface area contributed by atoms with Crippen molar-refractivity contribution in [2.24, 2.45) is 11.7 Å². The maximum atomic E-state index is 11.6. The summed E-state index contributed by atoms with van der Waals surface area (Å²) in [5.74, 6) is 0.599. The number of nitrogens with one attached hydrogen (secondary N) is 1. The number of hydrogen-bond donors (Lipinski definition) is 3. The molecule has 0 aromatic carbocycles. The molecule has 100 valence electrons. The lowest BCUT2D eigenvalue weighted by atomic mass is 9.87. The summed E-state index contributed by atoms with van der Waals surface area (Å²) in [7, 11) is 0. The number of rotatable bonds is 6. The molecule has 4 N–H and O–H groups in total. The van der Waals surface area contributed by atoms with Gasteiger partial charge in [0.25, 0.3) is 0 Å². The van der Waals surface area contributed by atoms with E-state index in [1.165, 1.54) is 0 Å². The van der Waals surface area contributed by atoms with Crippen LogP contribution in [0.15, 0.2) is 0 Å². The van der Waals surface area contributed by atoms with Crippen LogP contribution < -0.4 is 11.1 Å². The molecule has 4 nitrogen and oxygen atoms in total. The Labute approximate surface area is 104 Å². The van der Waals surface area contributed by atoms with Gasteiger partial charge in [0.15, 0.2) is 0 Å². The fourth-order valence-corrected chi connectivity index (χ4v) is 2.39. The van der Waals surface area contributed by atoms with Crippen molar-refractivity contribution in [3.05, 3.63) is 0 Å². The number of amides is 1. The summed E-state index contributed by atoms with van der Waals surface area (Å²) in [6, 6.07) is -0.00632. The summed E-state index contributed by atoms with van der Waals surface area (Å²) >= 11 is 0. The molecular formula is C13H26N2O2. The molecule has 1 saturated carbocycles. The third kappa shape index (κ3) is 6.03. The predicted octanol–water partition coefficient (Wildman–Crippen LogP) is 1.17. The van der Waals surface area contributed by atoms with Crippen molar-refractivity contribution < 1.29 is 9.90 Å². The molecule has 1 fully saturated rings. The minimum atomic E-state index is -0.125. The van der Waals surface area contributed by atoms with Gasteiger partial charge >= 0.3 is 0 Å². The Morgan fingerprint density at radius 3 is 2.65 bits per heavy atom. The van der Waals surface area contributed by atoms with E-state index in [1.54, 1.807) is 0 Å². The van der Waals surface area contributed by atoms with Gasteiger partial charge in [-0.3, -0.25) is 4.79 Å². The van der Waals surface area contributed by atoms with E-state index < -0.39 is 0 Å². The first-order valence-corrected chi connectivity index (χ1v) is 6.82. The van der Waals surface area contributed by atoms with Gasteiger partial charge < -0.3 is 16.2 Å². The Balaban J connectivity index is 2.11. The van der Waals surface area contributed by atoms with Crippen LogP contribution in [-0.4, -0.2) is 29.7 Å². The zero-order chi connectivity index (χ0) is 12.7. The number of aliphatic hydroxyl groups is 1. The van der Waals surface area contributed by atoms with Crippen LogP contribution in [0.1, 0.15) is 51.9 Å². The van der Waals surface area contributed by atoms with Crippen LogP contribution >= 0.6 is 0 Å². The standard InChI is InChI=1S/C13H26N2O2/c1-2-3-11(14)8-13(17)15-9-10-4-6-12(16)7-5-10/h10-12,16H,2-9,14H2,1H3,(H,15,17). The molecule has 0 aliphatic heterocycles. The van der Waals surface area contributed by atoms with Crippen LogP contribution in [0.3, 0.4) is 0 Å². The first kappa shape index (κ1) is 14.5. The molecule has 0 aromatic rings. The number of carbonyl (C=O) groups is 1. The minimum Gasteiger partial charge on any atom is -0.393 e. The lowest BCUT2D eigenvalue weighted by Crippen LogP contribution is -2.35. The summed E-state index contributed by atoms with van der Waals surface area (Å²) in [4.78, 5) is 11.6. The monoisotopic (exact) mass is 242 g/mol. The molecule has 0 radical (unpaired) electrons. The smallest absolute Gasteiger partial charge is 0.221 e. The van der Waals surface area contributed by atoms with Gasteiger partial charge in [-0.15, -0.1) is 0 Å². The van der Waals surface area contributed by atoms with Crippen molar-refractivity contribution in [3.8, 4) is 0 Å². The predicted molar refractivity (Wildman–Crippen MR) is 68.5 cm³/mol. The SMILES string of the molecule is CCCC(N)CC(=O)NCC1CCC(O)CC1. The summed E-state index contributed by atoms with van der Waals surface area (Å²) in [5, 5.41) is 12.3. The normalized spacial score (nSPS) is 26.5. The van der Waals surface area contributed by atoms with Gasteiger partial charge in [0.1, 0.15) is 0 Å². The van der Waals surface area contributed by atoms with E-state index in [9.17, 15) is 9.90 Å². The van der Waals surface area contributed by atoms with E-state index in [0.29, 0.717) is 12.3 Å². The second kappa shape index (κ2) is 7.67. The lowest BCUT2D eigenvalue weighted by molar-refractivity contribution is -0.121. The number of carbonyl (C=O) groups excluding carboxylic acids is 1. The third-order valence-corrected chi connectivity index (χ3v) is 3.51. The van der Waals surface area contributed by atoms with Crippen LogP contribution in [0.5, 0.6) is 0 Å². The maximum absolute atomic E-state index is 11.6. The molecule has 0 bridgehead atoms. The summed E-state index contributed by atoms with van der Waals surface area (Å²) < 4.78 is 0. The van der Waals surface area contributed by atoms with Crippen LogP contribution in [0, 0.1) is 5.92 Å². The molecule has 0 saturated heterocycles. The van der Waals surface area contributed by atoms with Crippen LogP contribution in [0.25, 0.3) is 0 Å². The Kier molecular flexibility index (Phi) is 6.52. The molecule has 0 heterocycles. The Hall–Kier alpha value is -0.610. The topological polar surface area (TPSA) is 75.4 Å². The third-order valence-electron chi connectivity index (χ3n) is 3.51. The van der Waals surface area contributed by atoms with Crippen molar-refractivity contribution in [1.82, 2.24) is 5.32 Å². The molecule has 1 aliphatic carbocycles. The molecule has 0 aromatic heterocycles. The van der Waals surface area contributed by atoms with Crippen molar-refractivity contribution in [1.29, 1.82) is 0 Å². The highest BCUT2D eigenvalue weighted by Crippen LogP contribution is 2.23. The van der Waals surface area contributed by atoms with Crippen molar-refractivity contribution in [2.75, 3.05) is 6.54 Å². The number of nitrogens with two attached hydrogens (primary N) is 1. The van der Waals surface area contributed by atoms with Gasteiger partial charge in [-0.05, 0) is 38.0 Å². The zero-order valence-corrected chi connectivity index (χ0v) is 10.8. The zero-order valence-electron chi connectivity index (χ0n) is 10.8. The molecule has 1 amide bonds. The molecule has 17 heavy (non-hydrogen) atoms.